The molecule has 0 aliphatic heterocycles. The van der Waals surface area contributed by atoms with Crippen molar-refractivity contribution in [2.75, 3.05) is 13.7 Å². The number of hydrogen-bond donors (Lipinski definition) is 1. The van der Waals surface area contributed by atoms with Crippen molar-refractivity contribution in [3.05, 3.63) is 47.3 Å². The highest BCUT2D eigenvalue weighted by atomic mass is 16.5. The summed E-state index contributed by atoms with van der Waals surface area (Å²) in [6.45, 7) is 7.12. The molecule has 4 nitrogen and oxygen atoms in total. The van der Waals surface area contributed by atoms with Crippen LogP contribution in [-0.2, 0) is 19.5 Å². The third kappa shape index (κ3) is 4.60. The fourth-order valence-electron chi connectivity index (χ4n) is 2.28. The molecule has 0 saturated carbocycles. The van der Waals surface area contributed by atoms with Crippen molar-refractivity contribution < 1.29 is 4.74 Å². The average Bonchev–Trinajstić information content (AvgIpc) is 2.86. The second-order valence-electron chi connectivity index (χ2n) is 5.28. The van der Waals surface area contributed by atoms with Crippen molar-refractivity contribution in [2.45, 2.75) is 39.8 Å². The van der Waals surface area contributed by atoms with Gasteiger partial charge in [0, 0.05) is 24.8 Å². The van der Waals surface area contributed by atoms with Gasteiger partial charge in [-0.05, 0) is 44.0 Å². The molecule has 0 saturated heterocycles. The van der Waals surface area contributed by atoms with Crippen LogP contribution in [0.2, 0.25) is 0 Å². The van der Waals surface area contributed by atoms with Crippen LogP contribution < -0.4 is 10.1 Å². The Hall–Kier alpha value is -1.81. The molecule has 2 rings (SSSR count). The second-order valence-corrected chi connectivity index (χ2v) is 5.28. The Balaban J connectivity index is 1.89. The van der Waals surface area contributed by atoms with E-state index < -0.39 is 0 Å². The number of benzene rings is 1. The number of aryl methyl sites for hydroxylation is 3. The van der Waals surface area contributed by atoms with Crippen LogP contribution in [0.5, 0.6) is 5.75 Å². The number of ether oxygens (including phenoxy) is 1. The Bertz CT molecular complexity index is 546. The highest BCUT2D eigenvalue weighted by molar-refractivity contribution is 5.27. The van der Waals surface area contributed by atoms with E-state index >= 15 is 0 Å². The van der Waals surface area contributed by atoms with Crippen LogP contribution in [0.25, 0.3) is 0 Å². The van der Waals surface area contributed by atoms with Gasteiger partial charge in [0.05, 0.1) is 12.8 Å². The minimum Gasteiger partial charge on any atom is -0.497 e. The van der Waals surface area contributed by atoms with Gasteiger partial charge in [0.15, 0.2) is 0 Å². The maximum atomic E-state index is 5.17. The molecule has 1 aromatic heterocycles. The number of hydrogen-bond acceptors (Lipinski definition) is 3. The molecule has 0 aliphatic rings. The average molecular weight is 287 g/mol. The molecule has 2 aromatic rings. The maximum Gasteiger partial charge on any atom is 0.118 e. The Labute approximate surface area is 127 Å². The lowest BCUT2D eigenvalue weighted by molar-refractivity contribution is 0.414. The molecule has 0 fully saturated rings. The van der Waals surface area contributed by atoms with E-state index in [0.717, 1.165) is 43.9 Å². The van der Waals surface area contributed by atoms with Crippen LogP contribution in [0.4, 0.5) is 0 Å². The van der Waals surface area contributed by atoms with E-state index in [1.807, 2.05) is 16.8 Å². The van der Waals surface area contributed by atoms with E-state index in [-0.39, 0.29) is 0 Å². The molecule has 21 heavy (non-hydrogen) atoms. The standard InChI is InChI=1S/C17H25N3O/c1-4-10-18-12-16-13-20(19-14(16)2)11-9-15-5-7-17(21-3)8-6-15/h5-8,13,18H,4,9-12H2,1-3H3. The summed E-state index contributed by atoms with van der Waals surface area (Å²) in [6.07, 6.45) is 4.29. The highest BCUT2D eigenvalue weighted by Gasteiger charge is 2.04. The van der Waals surface area contributed by atoms with Crippen molar-refractivity contribution in [1.29, 1.82) is 0 Å². The quantitative estimate of drug-likeness (QED) is 0.759. The summed E-state index contributed by atoms with van der Waals surface area (Å²) in [4.78, 5) is 0. The molecular weight excluding hydrogens is 262 g/mol. The lowest BCUT2D eigenvalue weighted by Crippen LogP contribution is -2.13. The summed E-state index contributed by atoms with van der Waals surface area (Å²) < 4.78 is 7.22. The molecule has 0 unspecified atom stereocenters. The van der Waals surface area contributed by atoms with Gasteiger partial charge in [-0.15, -0.1) is 0 Å². The van der Waals surface area contributed by atoms with Crippen LogP contribution in [0.15, 0.2) is 30.5 Å². The monoisotopic (exact) mass is 287 g/mol. The third-order valence-electron chi connectivity index (χ3n) is 3.58. The summed E-state index contributed by atoms with van der Waals surface area (Å²) in [6, 6.07) is 8.23. The van der Waals surface area contributed by atoms with Crippen molar-refractivity contribution >= 4 is 0 Å². The number of aromatic nitrogens is 2. The molecule has 1 N–H and O–H groups in total. The molecule has 0 amide bonds. The van der Waals surface area contributed by atoms with Gasteiger partial charge in [-0.1, -0.05) is 19.1 Å². The van der Waals surface area contributed by atoms with E-state index in [1.54, 1.807) is 7.11 Å². The summed E-state index contributed by atoms with van der Waals surface area (Å²) in [5, 5.41) is 8.01. The molecule has 1 aromatic carbocycles. The zero-order chi connectivity index (χ0) is 15.1. The molecule has 0 aliphatic carbocycles. The maximum absolute atomic E-state index is 5.17. The van der Waals surface area contributed by atoms with Crippen molar-refractivity contribution in [2.24, 2.45) is 0 Å². The fourth-order valence-corrected chi connectivity index (χ4v) is 2.28. The molecule has 0 spiro atoms. The fraction of sp³-hybridized carbons (Fsp3) is 0.471. The smallest absolute Gasteiger partial charge is 0.118 e. The lowest BCUT2D eigenvalue weighted by Gasteiger charge is -2.04. The Morgan fingerprint density at radius 3 is 2.67 bits per heavy atom. The minimum atomic E-state index is 0.901. The molecule has 0 atom stereocenters. The Kier molecular flexibility index (Phi) is 5.81. The highest BCUT2D eigenvalue weighted by Crippen LogP contribution is 2.12. The topological polar surface area (TPSA) is 39.1 Å². The zero-order valence-corrected chi connectivity index (χ0v) is 13.2. The van der Waals surface area contributed by atoms with Gasteiger partial charge < -0.3 is 10.1 Å². The summed E-state index contributed by atoms with van der Waals surface area (Å²) >= 11 is 0. The van der Waals surface area contributed by atoms with Gasteiger partial charge >= 0.3 is 0 Å². The van der Waals surface area contributed by atoms with E-state index in [0.29, 0.717) is 0 Å². The lowest BCUT2D eigenvalue weighted by atomic mass is 10.1. The van der Waals surface area contributed by atoms with Crippen molar-refractivity contribution in [3.8, 4) is 5.75 Å². The van der Waals surface area contributed by atoms with Gasteiger partial charge in [0.25, 0.3) is 0 Å². The van der Waals surface area contributed by atoms with Crippen LogP contribution >= 0.6 is 0 Å². The van der Waals surface area contributed by atoms with Crippen LogP contribution in [0.3, 0.4) is 0 Å². The molecule has 0 bridgehead atoms. The van der Waals surface area contributed by atoms with E-state index in [1.165, 1.54) is 11.1 Å². The molecule has 114 valence electrons. The van der Waals surface area contributed by atoms with Gasteiger partial charge in [-0.2, -0.15) is 5.10 Å². The van der Waals surface area contributed by atoms with E-state index in [9.17, 15) is 0 Å². The summed E-state index contributed by atoms with van der Waals surface area (Å²) in [5.74, 6) is 0.901. The Morgan fingerprint density at radius 1 is 1.24 bits per heavy atom. The van der Waals surface area contributed by atoms with Crippen LogP contribution in [-0.4, -0.2) is 23.4 Å². The number of methoxy groups -OCH3 is 1. The first kappa shape index (κ1) is 15.6. The first-order valence-electron chi connectivity index (χ1n) is 7.59. The molecule has 1 heterocycles. The summed E-state index contributed by atoms with van der Waals surface area (Å²) in [5.41, 5.74) is 3.71. The van der Waals surface area contributed by atoms with E-state index in [2.05, 4.69) is 42.6 Å². The largest absolute Gasteiger partial charge is 0.497 e. The predicted octanol–water partition coefficient (Wildman–Crippen LogP) is 2.94. The van der Waals surface area contributed by atoms with Crippen molar-refractivity contribution in [3.63, 3.8) is 0 Å². The first-order chi connectivity index (χ1) is 10.2. The van der Waals surface area contributed by atoms with Gasteiger partial charge in [-0.3, -0.25) is 4.68 Å². The number of nitrogens with zero attached hydrogens (tertiary/aromatic N) is 2. The molecular formula is C17H25N3O. The van der Waals surface area contributed by atoms with Gasteiger partial charge in [-0.25, -0.2) is 0 Å². The van der Waals surface area contributed by atoms with Crippen molar-refractivity contribution in [1.82, 2.24) is 15.1 Å². The second kappa shape index (κ2) is 7.84. The van der Waals surface area contributed by atoms with Crippen LogP contribution in [0, 0.1) is 6.92 Å². The molecule has 0 radical (unpaired) electrons. The predicted molar refractivity (Wildman–Crippen MR) is 85.7 cm³/mol. The van der Waals surface area contributed by atoms with Gasteiger partial charge in [0.2, 0.25) is 0 Å². The zero-order valence-electron chi connectivity index (χ0n) is 13.2. The third-order valence-corrected chi connectivity index (χ3v) is 3.58. The first-order valence-corrected chi connectivity index (χ1v) is 7.59. The van der Waals surface area contributed by atoms with Gasteiger partial charge in [0.1, 0.15) is 5.75 Å². The van der Waals surface area contributed by atoms with Crippen LogP contribution in [0.1, 0.15) is 30.2 Å². The summed E-state index contributed by atoms with van der Waals surface area (Å²) in [7, 11) is 1.69. The van der Waals surface area contributed by atoms with E-state index in [4.69, 9.17) is 4.74 Å². The molecule has 4 heteroatoms. The SMILES string of the molecule is CCCNCc1cn(CCc2ccc(OC)cc2)nc1C. The number of nitrogens with one attached hydrogen (secondary N) is 1. The number of rotatable bonds is 8. The normalized spacial score (nSPS) is 10.8. The Morgan fingerprint density at radius 2 is 2.00 bits per heavy atom. The minimum absolute atomic E-state index is 0.901.